The Morgan fingerprint density at radius 1 is 1.19 bits per heavy atom. The summed E-state index contributed by atoms with van der Waals surface area (Å²) in [5.74, 6) is -0.430. The van der Waals surface area contributed by atoms with E-state index in [1.165, 1.54) is 0 Å². The van der Waals surface area contributed by atoms with E-state index in [1.807, 2.05) is 19.0 Å². The third-order valence-corrected chi connectivity index (χ3v) is 4.79. The summed E-state index contributed by atoms with van der Waals surface area (Å²) in [4.78, 5) is 29.2. The van der Waals surface area contributed by atoms with E-state index in [9.17, 15) is 14.7 Å². The first-order valence-electron chi connectivity index (χ1n) is 8.76. The second-order valence-corrected chi connectivity index (χ2v) is 6.86. The molecule has 0 unspecified atom stereocenters. The van der Waals surface area contributed by atoms with Gasteiger partial charge in [-0.05, 0) is 37.7 Å². The van der Waals surface area contributed by atoms with Crippen LogP contribution in [0.15, 0.2) is 39.0 Å². The van der Waals surface area contributed by atoms with Gasteiger partial charge in [0.05, 0.1) is 11.4 Å². The molecule has 0 atom stereocenters. The summed E-state index contributed by atoms with van der Waals surface area (Å²) in [6, 6.07) is 6.39. The molecule has 8 nitrogen and oxygen atoms in total. The summed E-state index contributed by atoms with van der Waals surface area (Å²) >= 11 is 5.89. The van der Waals surface area contributed by atoms with Gasteiger partial charge in [0.2, 0.25) is 5.88 Å². The normalized spacial score (nSPS) is 16.0. The molecule has 0 radical (unpaired) electrons. The molecule has 0 aliphatic carbocycles. The zero-order valence-electron chi connectivity index (χ0n) is 15.3. The smallest absolute Gasteiger partial charge is 0.335 e. The van der Waals surface area contributed by atoms with Gasteiger partial charge in [0.1, 0.15) is 5.56 Å². The van der Waals surface area contributed by atoms with E-state index < -0.39 is 17.1 Å². The number of nitrogens with one attached hydrogen (secondary N) is 1. The Hall–Kier alpha value is -2.58. The quantitative estimate of drug-likeness (QED) is 0.765. The zero-order valence-corrected chi connectivity index (χ0v) is 16.0. The molecule has 2 heterocycles. The van der Waals surface area contributed by atoms with Gasteiger partial charge >= 0.3 is 5.69 Å². The monoisotopic (exact) mass is 391 g/mol. The summed E-state index contributed by atoms with van der Waals surface area (Å²) < 4.78 is 1.04. The third-order valence-electron chi connectivity index (χ3n) is 4.54. The maximum Gasteiger partial charge on any atom is 0.335 e. The van der Waals surface area contributed by atoms with Crippen molar-refractivity contribution in [2.24, 2.45) is 5.10 Å². The molecule has 3 rings (SSSR count). The fourth-order valence-corrected chi connectivity index (χ4v) is 3.10. The number of hydrogen-bond acceptors (Lipinski definition) is 6. The van der Waals surface area contributed by atoms with Crippen molar-refractivity contribution in [3.8, 4) is 11.6 Å². The fraction of sp³-hybridized carbons (Fsp3) is 0.389. The molecule has 0 bridgehead atoms. The molecular formula is C18H22ClN5O3. The van der Waals surface area contributed by atoms with Crippen molar-refractivity contribution in [3.05, 3.63) is 55.7 Å². The first-order chi connectivity index (χ1) is 12.9. The van der Waals surface area contributed by atoms with Crippen LogP contribution in [0.3, 0.4) is 0 Å². The number of aromatic amines is 1. The molecule has 1 saturated heterocycles. The highest BCUT2D eigenvalue weighted by molar-refractivity contribution is 6.30. The van der Waals surface area contributed by atoms with Gasteiger partial charge in [-0.2, -0.15) is 5.10 Å². The largest absolute Gasteiger partial charge is 0.493 e. The first kappa shape index (κ1) is 19.2. The van der Waals surface area contributed by atoms with E-state index in [0.717, 1.165) is 30.7 Å². The van der Waals surface area contributed by atoms with Crippen molar-refractivity contribution in [1.82, 2.24) is 19.5 Å². The standard InChI is InChI=1S/C18H22ClN5O3/c1-3-14(21-23-10-8-22(2)9-11-23)15-16(25)20-18(27)24(17(15)26)13-6-4-12(19)5-7-13/h4-7,26H,3,8-11H2,1-2H3,(H,20,25,27). The molecule has 0 saturated carbocycles. The molecule has 0 spiro atoms. The van der Waals surface area contributed by atoms with Crippen molar-refractivity contribution in [1.29, 1.82) is 0 Å². The maximum absolute atomic E-state index is 12.4. The summed E-state index contributed by atoms with van der Waals surface area (Å²) in [7, 11) is 2.04. The number of H-pyrrole nitrogens is 1. The maximum atomic E-state index is 12.4. The van der Waals surface area contributed by atoms with Crippen molar-refractivity contribution in [2.75, 3.05) is 33.2 Å². The second-order valence-electron chi connectivity index (χ2n) is 6.43. The van der Waals surface area contributed by atoms with E-state index in [-0.39, 0.29) is 5.56 Å². The molecule has 1 fully saturated rings. The molecule has 2 N–H and O–H groups in total. The van der Waals surface area contributed by atoms with Gasteiger partial charge in [0.25, 0.3) is 5.56 Å². The molecular weight excluding hydrogens is 370 g/mol. The number of aromatic nitrogens is 2. The van der Waals surface area contributed by atoms with Crippen molar-refractivity contribution >= 4 is 17.3 Å². The van der Waals surface area contributed by atoms with Gasteiger partial charge in [-0.15, -0.1) is 0 Å². The van der Waals surface area contributed by atoms with E-state index in [1.54, 1.807) is 24.3 Å². The van der Waals surface area contributed by atoms with Gasteiger partial charge in [-0.3, -0.25) is 14.8 Å². The Morgan fingerprint density at radius 3 is 2.41 bits per heavy atom. The fourth-order valence-electron chi connectivity index (χ4n) is 2.98. The molecule has 27 heavy (non-hydrogen) atoms. The van der Waals surface area contributed by atoms with E-state index in [0.29, 0.717) is 22.8 Å². The molecule has 1 aliphatic heterocycles. The van der Waals surface area contributed by atoms with Crippen molar-refractivity contribution in [2.45, 2.75) is 13.3 Å². The Balaban J connectivity index is 2.09. The minimum absolute atomic E-state index is 0.00554. The molecule has 9 heteroatoms. The lowest BCUT2D eigenvalue weighted by Gasteiger charge is -2.31. The Kier molecular flexibility index (Phi) is 5.67. The zero-order chi connectivity index (χ0) is 19.6. The number of hydrazone groups is 1. The van der Waals surface area contributed by atoms with Crippen LogP contribution in [-0.2, 0) is 0 Å². The highest BCUT2D eigenvalue weighted by Crippen LogP contribution is 2.20. The van der Waals surface area contributed by atoms with Crippen molar-refractivity contribution in [3.63, 3.8) is 0 Å². The van der Waals surface area contributed by atoms with Gasteiger partial charge in [-0.25, -0.2) is 9.36 Å². The minimum atomic E-state index is -0.723. The molecule has 1 aromatic heterocycles. The van der Waals surface area contributed by atoms with Crippen LogP contribution in [0.4, 0.5) is 0 Å². The predicted octanol–water partition coefficient (Wildman–Crippen LogP) is 1.25. The number of halogens is 1. The number of likely N-dealkylation sites (N-methyl/N-ethyl adjacent to an activating group) is 1. The number of rotatable bonds is 4. The summed E-state index contributed by atoms with van der Waals surface area (Å²) in [5.41, 5.74) is -0.544. The molecule has 0 amide bonds. The lowest BCUT2D eigenvalue weighted by Crippen LogP contribution is -2.42. The van der Waals surface area contributed by atoms with Crippen LogP contribution in [-0.4, -0.2) is 63.5 Å². The number of nitrogens with zero attached hydrogens (tertiary/aromatic N) is 4. The molecule has 1 aromatic carbocycles. The van der Waals surface area contributed by atoms with Crippen LogP contribution in [0.1, 0.15) is 18.9 Å². The summed E-state index contributed by atoms with van der Waals surface area (Å²) in [5, 5.41) is 17.7. The average molecular weight is 392 g/mol. The van der Waals surface area contributed by atoms with E-state index >= 15 is 0 Å². The summed E-state index contributed by atoms with van der Waals surface area (Å²) in [6.07, 6.45) is 0.432. The van der Waals surface area contributed by atoms with Crippen LogP contribution in [0.25, 0.3) is 5.69 Å². The van der Waals surface area contributed by atoms with Gasteiger partial charge in [0.15, 0.2) is 0 Å². The lowest BCUT2D eigenvalue weighted by molar-refractivity contribution is 0.159. The highest BCUT2D eigenvalue weighted by atomic mass is 35.5. The van der Waals surface area contributed by atoms with Gasteiger partial charge in [-0.1, -0.05) is 18.5 Å². The van der Waals surface area contributed by atoms with Gasteiger partial charge < -0.3 is 10.0 Å². The number of hydrogen-bond donors (Lipinski definition) is 2. The first-order valence-corrected chi connectivity index (χ1v) is 9.14. The summed E-state index contributed by atoms with van der Waals surface area (Å²) in [6.45, 7) is 5.05. The van der Waals surface area contributed by atoms with Crippen LogP contribution >= 0.6 is 11.6 Å². The third kappa shape index (κ3) is 4.06. The number of aromatic hydroxyl groups is 1. The average Bonchev–Trinajstić information content (AvgIpc) is 2.63. The van der Waals surface area contributed by atoms with Crippen LogP contribution in [0.2, 0.25) is 5.02 Å². The Bertz CT molecular complexity index is 956. The van der Waals surface area contributed by atoms with Crippen LogP contribution in [0, 0.1) is 0 Å². The molecule has 144 valence electrons. The molecule has 2 aromatic rings. The second kappa shape index (κ2) is 7.98. The predicted molar refractivity (Wildman–Crippen MR) is 105 cm³/mol. The highest BCUT2D eigenvalue weighted by Gasteiger charge is 2.21. The van der Waals surface area contributed by atoms with Gasteiger partial charge in [0, 0.05) is 31.2 Å². The van der Waals surface area contributed by atoms with Crippen LogP contribution < -0.4 is 11.2 Å². The lowest BCUT2D eigenvalue weighted by atomic mass is 10.1. The number of piperazine rings is 1. The Labute approximate surface area is 161 Å². The Morgan fingerprint density at radius 2 is 1.81 bits per heavy atom. The van der Waals surface area contributed by atoms with E-state index in [4.69, 9.17) is 11.6 Å². The SMILES string of the molecule is CCC(=NN1CCN(C)CC1)c1c(O)n(-c2ccc(Cl)cc2)c(=O)[nH]c1=O. The topological polar surface area (TPSA) is 93.9 Å². The molecule has 1 aliphatic rings. The number of benzene rings is 1. The van der Waals surface area contributed by atoms with E-state index in [2.05, 4.69) is 15.0 Å². The van der Waals surface area contributed by atoms with Crippen molar-refractivity contribution < 1.29 is 5.11 Å². The van der Waals surface area contributed by atoms with Crippen LogP contribution in [0.5, 0.6) is 5.88 Å². The minimum Gasteiger partial charge on any atom is -0.493 e.